The molecule has 0 aromatic rings. The maximum Gasteiger partial charge on any atom is 0.138 e. The minimum Gasteiger partial charge on any atom is -0.339 e. The molecule has 16 heavy (non-hydrogen) atoms. The molecule has 96 valence electrons. The van der Waals surface area contributed by atoms with Gasteiger partial charge in [-0.25, -0.2) is 0 Å². The molecular weight excluding hydrogens is 198 g/mol. The number of carbonyl (C=O) groups is 1. The van der Waals surface area contributed by atoms with Gasteiger partial charge in [-0.05, 0) is 6.42 Å². The van der Waals surface area contributed by atoms with Crippen LogP contribution < -0.4 is 4.90 Å². The topological polar surface area (TPSA) is 21.5 Å². The molecule has 0 bridgehead atoms. The van der Waals surface area contributed by atoms with Gasteiger partial charge in [-0.15, -0.1) is 0 Å². The average Bonchev–Trinajstić information content (AvgIpc) is 2.25. The van der Waals surface area contributed by atoms with Crippen LogP contribution in [0.5, 0.6) is 0 Å². The lowest BCUT2D eigenvalue weighted by Gasteiger charge is -2.06. The molecular formula is C14H30NO+. The Kier molecular flexibility index (Phi) is 10.9. The Hall–Kier alpha value is -0.370. The maximum absolute atomic E-state index is 11.5. The summed E-state index contributed by atoms with van der Waals surface area (Å²) in [6.07, 6.45) is 10.6. The van der Waals surface area contributed by atoms with Crippen LogP contribution in [0.15, 0.2) is 0 Å². The van der Waals surface area contributed by atoms with Gasteiger partial charge < -0.3 is 4.90 Å². The molecule has 0 aromatic carbocycles. The zero-order chi connectivity index (χ0) is 12.2. The summed E-state index contributed by atoms with van der Waals surface area (Å²) in [5.74, 6) is 0.453. The second-order valence-corrected chi connectivity index (χ2v) is 5.12. The van der Waals surface area contributed by atoms with Gasteiger partial charge in [-0.2, -0.15) is 0 Å². The van der Waals surface area contributed by atoms with Gasteiger partial charge >= 0.3 is 0 Å². The van der Waals surface area contributed by atoms with Crippen LogP contribution in [0.2, 0.25) is 0 Å². The van der Waals surface area contributed by atoms with E-state index in [1.54, 1.807) is 0 Å². The molecule has 0 rings (SSSR count). The first-order valence-corrected chi connectivity index (χ1v) is 6.97. The van der Waals surface area contributed by atoms with Gasteiger partial charge in [0.1, 0.15) is 5.78 Å². The van der Waals surface area contributed by atoms with Gasteiger partial charge in [0.2, 0.25) is 0 Å². The number of rotatable bonds is 11. The third kappa shape index (κ3) is 11.7. The van der Waals surface area contributed by atoms with Gasteiger partial charge in [0.15, 0.2) is 0 Å². The second-order valence-electron chi connectivity index (χ2n) is 5.12. The highest BCUT2D eigenvalue weighted by molar-refractivity contribution is 5.78. The van der Waals surface area contributed by atoms with Crippen LogP contribution in [-0.4, -0.2) is 26.4 Å². The number of ketones is 1. The number of quaternary nitrogens is 1. The van der Waals surface area contributed by atoms with Crippen LogP contribution in [-0.2, 0) is 4.79 Å². The summed E-state index contributed by atoms with van der Waals surface area (Å²) in [6.45, 7) is 3.22. The van der Waals surface area contributed by atoms with Crippen molar-refractivity contribution in [1.82, 2.24) is 0 Å². The summed E-state index contributed by atoms with van der Waals surface area (Å²) in [5, 5.41) is 0. The number of hydrogen-bond donors (Lipinski definition) is 1. The third-order valence-electron chi connectivity index (χ3n) is 2.96. The second kappa shape index (κ2) is 11.1. The van der Waals surface area contributed by atoms with E-state index in [1.807, 2.05) is 0 Å². The zero-order valence-electron chi connectivity index (χ0n) is 11.5. The zero-order valence-corrected chi connectivity index (χ0v) is 11.5. The highest BCUT2D eigenvalue weighted by atomic mass is 16.1. The number of unbranched alkanes of at least 4 members (excludes halogenated alkanes) is 6. The summed E-state index contributed by atoms with van der Waals surface area (Å²) in [6, 6.07) is 0. The Morgan fingerprint density at radius 3 is 2.00 bits per heavy atom. The van der Waals surface area contributed by atoms with E-state index in [4.69, 9.17) is 0 Å². The van der Waals surface area contributed by atoms with E-state index in [9.17, 15) is 4.79 Å². The lowest BCUT2D eigenvalue weighted by molar-refractivity contribution is -0.857. The summed E-state index contributed by atoms with van der Waals surface area (Å²) in [4.78, 5) is 12.8. The van der Waals surface area contributed by atoms with Crippen LogP contribution in [0.1, 0.15) is 64.7 Å². The Bertz CT molecular complexity index is 166. The average molecular weight is 228 g/mol. The molecule has 0 atom stereocenters. The first-order chi connectivity index (χ1) is 7.66. The molecule has 1 N–H and O–H groups in total. The molecule has 0 heterocycles. The minimum absolute atomic E-state index is 0.453. The first kappa shape index (κ1) is 15.6. The van der Waals surface area contributed by atoms with E-state index in [0.29, 0.717) is 5.78 Å². The fourth-order valence-corrected chi connectivity index (χ4v) is 1.79. The van der Waals surface area contributed by atoms with Gasteiger partial charge in [-0.1, -0.05) is 45.4 Å². The number of hydrogen-bond acceptors (Lipinski definition) is 1. The van der Waals surface area contributed by atoms with Crippen LogP contribution in [0.3, 0.4) is 0 Å². The fourth-order valence-electron chi connectivity index (χ4n) is 1.79. The monoisotopic (exact) mass is 228 g/mol. The predicted molar refractivity (Wildman–Crippen MR) is 69.9 cm³/mol. The summed E-state index contributed by atoms with van der Waals surface area (Å²) in [5.41, 5.74) is 0. The highest BCUT2D eigenvalue weighted by Crippen LogP contribution is 2.08. The Morgan fingerprint density at radius 1 is 0.875 bits per heavy atom. The Balaban J connectivity index is 3.15. The molecule has 0 amide bonds. The van der Waals surface area contributed by atoms with E-state index in [-0.39, 0.29) is 0 Å². The summed E-state index contributed by atoms with van der Waals surface area (Å²) < 4.78 is 0. The summed E-state index contributed by atoms with van der Waals surface area (Å²) in [7, 11) is 4.20. The quantitative estimate of drug-likeness (QED) is 0.538. The molecule has 0 saturated heterocycles. The molecule has 0 aliphatic rings. The van der Waals surface area contributed by atoms with Crippen molar-refractivity contribution >= 4 is 5.78 Å². The molecule has 0 fully saturated rings. The third-order valence-corrected chi connectivity index (χ3v) is 2.96. The van der Waals surface area contributed by atoms with Crippen LogP contribution in [0.25, 0.3) is 0 Å². The Morgan fingerprint density at radius 2 is 1.44 bits per heavy atom. The van der Waals surface area contributed by atoms with Gasteiger partial charge in [0.05, 0.1) is 27.1 Å². The summed E-state index contributed by atoms with van der Waals surface area (Å²) >= 11 is 0. The molecule has 0 unspecified atom stereocenters. The first-order valence-electron chi connectivity index (χ1n) is 6.97. The lowest BCUT2D eigenvalue weighted by atomic mass is 10.1. The molecule has 2 heteroatoms. The minimum atomic E-state index is 0.453. The SMILES string of the molecule is CCCCCCCCCC(=O)CC[NH+](C)C. The molecule has 0 aliphatic carbocycles. The van der Waals surface area contributed by atoms with Crippen LogP contribution in [0, 0.1) is 0 Å². The number of Topliss-reactive ketones (excluding diaryl/α,β-unsaturated/α-hetero) is 1. The number of nitrogens with one attached hydrogen (secondary N) is 1. The largest absolute Gasteiger partial charge is 0.339 e. The molecule has 2 nitrogen and oxygen atoms in total. The normalized spacial score (nSPS) is 11.0. The molecule has 0 aliphatic heterocycles. The lowest BCUT2D eigenvalue weighted by Crippen LogP contribution is -3.05. The van der Waals surface area contributed by atoms with Gasteiger partial charge in [-0.3, -0.25) is 4.79 Å². The van der Waals surface area contributed by atoms with E-state index >= 15 is 0 Å². The molecule has 0 radical (unpaired) electrons. The van der Waals surface area contributed by atoms with Crippen molar-refractivity contribution in [1.29, 1.82) is 0 Å². The van der Waals surface area contributed by atoms with Crippen LogP contribution >= 0.6 is 0 Å². The van der Waals surface area contributed by atoms with E-state index in [1.165, 1.54) is 43.4 Å². The van der Waals surface area contributed by atoms with Crippen molar-refractivity contribution in [2.45, 2.75) is 64.7 Å². The fraction of sp³-hybridized carbons (Fsp3) is 0.929. The Labute approximate surface area is 101 Å². The predicted octanol–water partition coefficient (Wildman–Crippen LogP) is 2.23. The van der Waals surface area contributed by atoms with Crippen molar-refractivity contribution in [2.75, 3.05) is 20.6 Å². The van der Waals surface area contributed by atoms with E-state index in [2.05, 4.69) is 21.0 Å². The van der Waals surface area contributed by atoms with Gasteiger partial charge in [0.25, 0.3) is 0 Å². The van der Waals surface area contributed by atoms with E-state index in [0.717, 1.165) is 25.8 Å². The maximum atomic E-state index is 11.5. The van der Waals surface area contributed by atoms with Crippen molar-refractivity contribution in [3.05, 3.63) is 0 Å². The van der Waals surface area contributed by atoms with Crippen LogP contribution in [0.4, 0.5) is 0 Å². The molecule has 0 aromatic heterocycles. The standard InChI is InChI=1S/C14H29NO/c1-4-5-6-7-8-9-10-11-14(16)12-13-15(2)3/h4-13H2,1-3H3/p+1. The van der Waals surface area contributed by atoms with Crippen molar-refractivity contribution in [2.24, 2.45) is 0 Å². The van der Waals surface area contributed by atoms with Crippen molar-refractivity contribution < 1.29 is 9.69 Å². The van der Waals surface area contributed by atoms with Crippen molar-refractivity contribution in [3.8, 4) is 0 Å². The molecule has 0 spiro atoms. The van der Waals surface area contributed by atoms with Crippen molar-refractivity contribution in [3.63, 3.8) is 0 Å². The number of carbonyl (C=O) groups excluding carboxylic acids is 1. The highest BCUT2D eigenvalue weighted by Gasteiger charge is 2.03. The van der Waals surface area contributed by atoms with Gasteiger partial charge in [0, 0.05) is 6.42 Å². The molecule has 0 saturated carbocycles. The van der Waals surface area contributed by atoms with E-state index < -0.39 is 0 Å². The smallest absolute Gasteiger partial charge is 0.138 e.